The summed E-state index contributed by atoms with van der Waals surface area (Å²) < 4.78 is 31.4. The van der Waals surface area contributed by atoms with Crippen molar-refractivity contribution >= 4 is 45.8 Å². The van der Waals surface area contributed by atoms with Gasteiger partial charge < -0.3 is 19.6 Å². The van der Waals surface area contributed by atoms with Crippen LogP contribution < -0.4 is 10.2 Å². The number of aliphatic imine (C=N–C) groups is 1. The Morgan fingerprint density at radius 3 is 2.47 bits per heavy atom. The fraction of sp³-hybridized carbons (Fsp3) is 0.550. The van der Waals surface area contributed by atoms with Crippen LogP contribution in [0.3, 0.4) is 0 Å². The van der Waals surface area contributed by atoms with Crippen LogP contribution in [-0.2, 0) is 22.3 Å². The summed E-state index contributed by atoms with van der Waals surface area (Å²) in [6.07, 6.45) is 5.75. The van der Waals surface area contributed by atoms with Crippen LogP contribution in [0.15, 0.2) is 40.2 Å². The summed E-state index contributed by atoms with van der Waals surface area (Å²) >= 11 is 0. The molecule has 2 aliphatic rings. The van der Waals surface area contributed by atoms with Crippen LogP contribution in [0.1, 0.15) is 24.1 Å². The van der Waals surface area contributed by atoms with Gasteiger partial charge in [-0.1, -0.05) is 11.2 Å². The van der Waals surface area contributed by atoms with Crippen molar-refractivity contribution in [2.45, 2.75) is 25.1 Å². The monoisotopic (exact) mass is 575 g/mol. The molecular formula is C20H30IN7O3S. The summed E-state index contributed by atoms with van der Waals surface area (Å²) in [6, 6.07) is 5.74. The van der Waals surface area contributed by atoms with Crippen LogP contribution in [0.25, 0.3) is 0 Å². The number of rotatable bonds is 6. The molecule has 0 radical (unpaired) electrons. The Kier molecular flexibility index (Phi) is 8.71. The van der Waals surface area contributed by atoms with E-state index in [1.807, 2.05) is 6.20 Å². The van der Waals surface area contributed by atoms with Crippen molar-refractivity contribution in [3.63, 3.8) is 0 Å². The maximum atomic E-state index is 12.6. The molecule has 0 atom stereocenters. The maximum absolute atomic E-state index is 12.6. The molecule has 0 bridgehead atoms. The van der Waals surface area contributed by atoms with Crippen molar-refractivity contribution < 1.29 is 12.9 Å². The van der Waals surface area contributed by atoms with Crippen LogP contribution in [0, 0.1) is 0 Å². The average Bonchev–Trinajstić information content (AvgIpc) is 3.49. The predicted octanol–water partition coefficient (Wildman–Crippen LogP) is 1.51. The summed E-state index contributed by atoms with van der Waals surface area (Å²) in [5.41, 5.74) is 1.50. The number of sulfonamides is 1. The van der Waals surface area contributed by atoms with Crippen LogP contribution in [0.4, 0.5) is 5.82 Å². The molecule has 0 spiro atoms. The van der Waals surface area contributed by atoms with Crippen molar-refractivity contribution in [3.8, 4) is 0 Å². The first-order chi connectivity index (χ1) is 15.0. The summed E-state index contributed by atoms with van der Waals surface area (Å²) in [5.74, 6) is 1.66. The van der Waals surface area contributed by atoms with Gasteiger partial charge in [0.2, 0.25) is 10.0 Å². The molecule has 2 aromatic heterocycles. The maximum Gasteiger partial charge on any atom is 0.220 e. The lowest BCUT2D eigenvalue weighted by molar-refractivity contribution is 0.259. The second kappa shape index (κ2) is 11.3. The zero-order chi connectivity index (χ0) is 21.7. The molecule has 2 fully saturated rings. The van der Waals surface area contributed by atoms with Gasteiger partial charge in [-0.25, -0.2) is 13.4 Å². The first-order valence-electron chi connectivity index (χ1n) is 10.6. The molecule has 12 heteroatoms. The lowest BCUT2D eigenvalue weighted by atomic mass is 10.2. The standard InChI is InChI=1S/C20H29N7O3S.HI/c1-21-20(23-15-17-4-5-19(22-14-17)25-7-2-3-8-25)26-9-11-27(12-10-26)31(28,29)16-18-6-13-30-24-18;/h4-6,13-14H,2-3,7-12,15-16H2,1H3,(H,21,23);1H. The van der Waals surface area contributed by atoms with Crippen molar-refractivity contribution in [3.05, 3.63) is 41.9 Å². The fourth-order valence-corrected chi connectivity index (χ4v) is 5.36. The molecule has 0 unspecified atom stereocenters. The lowest BCUT2D eigenvalue weighted by Crippen LogP contribution is -2.53. The van der Waals surface area contributed by atoms with Crippen LogP contribution in [0.5, 0.6) is 0 Å². The van der Waals surface area contributed by atoms with Gasteiger partial charge in [0.15, 0.2) is 5.96 Å². The van der Waals surface area contributed by atoms with E-state index in [-0.39, 0.29) is 29.7 Å². The highest BCUT2D eigenvalue weighted by molar-refractivity contribution is 14.0. The van der Waals surface area contributed by atoms with Crippen LogP contribution in [0.2, 0.25) is 0 Å². The zero-order valence-electron chi connectivity index (χ0n) is 18.2. The molecule has 4 heterocycles. The van der Waals surface area contributed by atoms with E-state index in [0.29, 0.717) is 38.4 Å². The van der Waals surface area contributed by atoms with E-state index < -0.39 is 10.0 Å². The fourth-order valence-electron chi connectivity index (χ4n) is 3.94. The third-order valence-corrected chi connectivity index (χ3v) is 7.47. The quantitative estimate of drug-likeness (QED) is 0.314. The van der Waals surface area contributed by atoms with E-state index in [1.165, 1.54) is 23.4 Å². The number of aromatic nitrogens is 2. The molecular weight excluding hydrogens is 545 g/mol. The number of piperazine rings is 1. The van der Waals surface area contributed by atoms with E-state index in [4.69, 9.17) is 4.52 Å². The van der Waals surface area contributed by atoms with E-state index in [0.717, 1.165) is 30.4 Å². The predicted molar refractivity (Wildman–Crippen MR) is 134 cm³/mol. The number of nitrogens with zero attached hydrogens (tertiary/aromatic N) is 6. The Hall–Kier alpha value is -1.93. The van der Waals surface area contributed by atoms with Crippen LogP contribution >= 0.6 is 24.0 Å². The Labute approximate surface area is 206 Å². The first-order valence-corrected chi connectivity index (χ1v) is 12.2. The topological polar surface area (TPSA) is 107 Å². The molecule has 0 aliphatic carbocycles. The average molecular weight is 575 g/mol. The number of guanidine groups is 1. The van der Waals surface area contributed by atoms with Gasteiger partial charge in [-0.3, -0.25) is 4.99 Å². The number of pyridine rings is 1. The van der Waals surface area contributed by atoms with Crippen molar-refractivity contribution in [2.75, 3.05) is 51.2 Å². The van der Waals surface area contributed by atoms with Crippen LogP contribution in [-0.4, -0.2) is 80.0 Å². The van der Waals surface area contributed by atoms with Gasteiger partial charge in [0, 0.05) is 65.1 Å². The normalized spacial score (nSPS) is 18.0. The van der Waals surface area contributed by atoms with Gasteiger partial charge in [-0.05, 0) is 24.5 Å². The second-order valence-corrected chi connectivity index (χ2v) is 9.72. The molecule has 2 saturated heterocycles. The summed E-state index contributed by atoms with van der Waals surface area (Å²) in [4.78, 5) is 13.3. The largest absolute Gasteiger partial charge is 0.364 e. The van der Waals surface area contributed by atoms with Crippen molar-refractivity contribution in [1.82, 2.24) is 24.7 Å². The smallest absolute Gasteiger partial charge is 0.220 e. The lowest BCUT2D eigenvalue weighted by Gasteiger charge is -2.35. The highest BCUT2D eigenvalue weighted by Crippen LogP contribution is 2.17. The molecule has 32 heavy (non-hydrogen) atoms. The third kappa shape index (κ3) is 6.10. The van der Waals surface area contributed by atoms with Gasteiger partial charge in [0.25, 0.3) is 0 Å². The van der Waals surface area contributed by atoms with Gasteiger partial charge in [0.1, 0.15) is 17.8 Å². The molecule has 4 rings (SSSR count). The molecule has 2 aliphatic heterocycles. The Balaban J connectivity index is 0.00000289. The third-order valence-electron chi connectivity index (χ3n) is 5.65. The van der Waals surface area contributed by atoms with Crippen molar-refractivity contribution in [1.29, 1.82) is 0 Å². The van der Waals surface area contributed by atoms with Gasteiger partial charge in [-0.2, -0.15) is 4.31 Å². The van der Waals surface area contributed by atoms with E-state index in [2.05, 4.69) is 42.4 Å². The van der Waals surface area contributed by atoms with E-state index in [9.17, 15) is 8.42 Å². The zero-order valence-corrected chi connectivity index (χ0v) is 21.3. The molecule has 10 nitrogen and oxygen atoms in total. The first kappa shape index (κ1) is 24.7. The summed E-state index contributed by atoms with van der Waals surface area (Å²) in [7, 11) is -1.68. The van der Waals surface area contributed by atoms with Gasteiger partial charge in [-0.15, -0.1) is 24.0 Å². The van der Waals surface area contributed by atoms with Gasteiger partial charge in [0.05, 0.1) is 5.69 Å². The number of hydrogen-bond acceptors (Lipinski definition) is 7. The Morgan fingerprint density at radius 2 is 1.88 bits per heavy atom. The number of anilines is 1. The minimum atomic E-state index is -3.42. The van der Waals surface area contributed by atoms with E-state index >= 15 is 0 Å². The molecule has 2 aromatic rings. The molecule has 1 N–H and O–H groups in total. The molecule has 0 saturated carbocycles. The number of hydrogen-bond donors (Lipinski definition) is 1. The molecule has 0 amide bonds. The molecule has 176 valence electrons. The number of halogens is 1. The Morgan fingerprint density at radius 1 is 1.12 bits per heavy atom. The highest BCUT2D eigenvalue weighted by Gasteiger charge is 2.29. The Bertz CT molecular complexity index is 969. The summed E-state index contributed by atoms with van der Waals surface area (Å²) in [6.45, 7) is 4.74. The number of nitrogens with one attached hydrogen (secondary N) is 1. The minimum Gasteiger partial charge on any atom is -0.364 e. The van der Waals surface area contributed by atoms with E-state index in [1.54, 1.807) is 13.1 Å². The highest BCUT2D eigenvalue weighted by atomic mass is 127. The van der Waals surface area contributed by atoms with Crippen molar-refractivity contribution in [2.24, 2.45) is 4.99 Å². The van der Waals surface area contributed by atoms with Gasteiger partial charge >= 0.3 is 0 Å². The molecule has 0 aromatic carbocycles. The summed E-state index contributed by atoms with van der Waals surface area (Å²) in [5, 5.41) is 7.07. The second-order valence-electron chi connectivity index (χ2n) is 7.75. The SMILES string of the molecule is CN=C(NCc1ccc(N2CCCC2)nc1)N1CCN(S(=O)(=O)Cc2ccon2)CC1.I. The minimum absolute atomic E-state index is 0.